The lowest BCUT2D eigenvalue weighted by Crippen LogP contribution is -2.47. The quantitative estimate of drug-likeness (QED) is 0.119. The summed E-state index contributed by atoms with van der Waals surface area (Å²) in [4.78, 5) is 34.1. The second-order valence-electron chi connectivity index (χ2n) is 10.6. The van der Waals surface area contributed by atoms with Crippen LogP contribution in [0.15, 0.2) is 35.3 Å². The fraction of sp³-hybridized carbons (Fsp3) is 0.531. The van der Waals surface area contributed by atoms with Crippen LogP contribution in [0.1, 0.15) is 71.7 Å². The highest BCUT2D eigenvalue weighted by Crippen LogP contribution is 2.40. The molecule has 0 radical (unpaired) electrons. The number of guanidine groups is 1. The Balaban J connectivity index is 1.59. The van der Waals surface area contributed by atoms with Crippen LogP contribution in [-0.4, -0.2) is 88.1 Å². The molecule has 1 aliphatic rings. The molecule has 4 N–H and O–H groups in total. The van der Waals surface area contributed by atoms with Crippen molar-refractivity contribution in [1.29, 1.82) is 0 Å². The molecule has 1 fully saturated rings. The van der Waals surface area contributed by atoms with E-state index in [1.165, 1.54) is 25.3 Å². The highest BCUT2D eigenvalue weighted by Gasteiger charge is 2.24. The van der Waals surface area contributed by atoms with Gasteiger partial charge < -0.3 is 30.4 Å². The third-order valence-electron chi connectivity index (χ3n) is 7.53. The van der Waals surface area contributed by atoms with Gasteiger partial charge in [0.05, 0.1) is 40.0 Å². The van der Waals surface area contributed by atoms with Gasteiger partial charge in [0.25, 0.3) is 5.91 Å². The molecule has 0 aliphatic carbocycles. The summed E-state index contributed by atoms with van der Waals surface area (Å²) in [5, 5.41) is 0. The van der Waals surface area contributed by atoms with Gasteiger partial charge in [-0.05, 0) is 30.7 Å². The van der Waals surface area contributed by atoms with Gasteiger partial charge in [-0.25, -0.2) is 0 Å². The Labute approximate surface area is 255 Å². The number of hydrogen-bond acceptors (Lipinski definition) is 8. The normalized spacial score (nSPS) is 13.8. The first kappa shape index (κ1) is 33.7. The minimum absolute atomic E-state index is 0.0868. The maximum absolute atomic E-state index is 13.3. The molecule has 1 heterocycles. The molecule has 0 saturated carbocycles. The van der Waals surface area contributed by atoms with Crippen LogP contribution in [0.25, 0.3) is 0 Å². The molecule has 2 aromatic carbocycles. The van der Waals surface area contributed by atoms with Crippen LogP contribution >= 0.6 is 0 Å². The molecule has 11 heteroatoms. The number of ether oxygens (including phenoxy) is 4. The van der Waals surface area contributed by atoms with E-state index < -0.39 is 5.91 Å². The minimum Gasteiger partial charge on any atom is -0.493 e. The molecular formula is C32H47N5O6. The van der Waals surface area contributed by atoms with Crippen molar-refractivity contribution in [3.05, 3.63) is 47.0 Å². The number of ketones is 1. The van der Waals surface area contributed by atoms with Crippen molar-refractivity contribution >= 4 is 17.6 Å². The number of nitrogens with two attached hydrogens (primary N) is 2. The number of hydrogen-bond donors (Lipinski definition) is 2. The number of benzene rings is 2. The fourth-order valence-electron chi connectivity index (χ4n) is 5.17. The third kappa shape index (κ3) is 9.86. The number of Topliss-reactive ketones (excluding diaryl/α,β-unsaturated/α-hetero) is 1. The van der Waals surface area contributed by atoms with E-state index in [-0.39, 0.29) is 23.9 Å². The maximum Gasteiger partial charge on any atom is 0.283 e. The van der Waals surface area contributed by atoms with Crippen molar-refractivity contribution in [2.24, 2.45) is 16.5 Å². The summed E-state index contributed by atoms with van der Waals surface area (Å²) >= 11 is 0. The molecule has 0 bridgehead atoms. The van der Waals surface area contributed by atoms with Crippen molar-refractivity contribution in [1.82, 2.24) is 9.80 Å². The smallest absolute Gasteiger partial charge is 0.283 e. The van der Waals surface area contributed by atoms with Gasteiger partial charge in [0.1, 0.15) is 5.75 Å². The summed E-state index contributed by atoms with van der Waals surface area (Å²) in [6.07, 6.45) is 6.74. The van der Waals surface area contributed by atoms with Gasteiger partial charge in [-0.1, -0.05) is 45.1 Å². The maximum atomic E-state index is 13.3. The van der Waals surface area contributed by atoms with E-state index in [2.05, 4.69) is 21.7 Å². The van der Waals surface area contributed by atoms with Crippen molar-refractivity contribution in [2.75, 3.05) is 60.7 Å². The lowest BCUT2D eigenvalue weighted by Gasteiger charge is -2.34. The van der Waals surface area contributed by atoms with Gasteiger partial charge in [0.15, 0.2) is 23.2 Å². The van der Waals surface area contributed by atoms with Crippen molar-refractivity contribution < 1.29 is 28.5 Å². The van der Waals surface area contributed by atoms with E-state index in [1.807, 2.05) is 12.1 Å². The Morgan fingerprint density at radius 2 is 1.47 bits per heavy atom. The zero-order valence-electron chi connectivity index (χ0n) is 26.0. The third-order valence-corrected chi connectivity index (χ3v) is 7.53. The van der Waals surface area contributed by atoms with Gasteiger partial charge in [-0.3, -0.25) is 19.4 Å². The second-order valence-corrected chi connectivity index (χ2v) is 10.6. The zero-order chi connectivity index (χ0) is 31.2. The molecule has 1 aliphatic heterocycles. The number of carbonyl (C=O) groups is 2. The number of aliphatic imine (C=N–C) groups is 1. The van der Waals surface area contributed by atoms with Crippen LogP contribution in [0.5, 0.6) is 23.0 Å². The van der Waals surface area contributed by atoms with Crippen molar-refractivity contribution in [3.63, 3.8) is 0 Å². The first-order valence-corrected chi connectivity index (χ1v) is 15.0. The lowest BCUT2D eigenvalue weighted by molar-refractivity contribution is 0.0842. The van der Waals surface area contributed by atoms with Crippen LogP contribution in [0, 0.1) is 0 Å². The molecule has 43 heavy (non-hydrogen) atoms. The molecule has 0 aromatic heterocycles. The average Bonchev–Trinajstić information content (AvgIpc) is 3.00. The summed E-state index contributed by atoms with van der Waals surface area (Å²) in [5.74, 6) is 1.16. The van der Waals surface area contributed by atoms with Gasteiger partial charge in [-0.2, -0.15) is 4.99 Å². The standard InChI is InChI=1S/C32H47N5O6/c1-5-6-7-8-9-10-19-43-27-13-11-23(20-25(27)31(39)35-32(33)34)26(38)22-37-17-15-36(16-18-37)21-24-12-14-28(40-2)30(42-4)29(24)41-3/h11-14,20H,5-10,15-19,21-22H2,1-4H3,(H4,33,34,35,39). The van der Waals surface area contributed by atoms with Gasteiger partial charge in [0.2, 0.25) is 5.75 Å². The first-order valence-electron chi connectivity index (χ1n) is 15.0. The number of carbonyl (C=O) groups excluding carboxylic acids is 2. The zero-order valence-corrected chi connectivity index (χ0v) is 26.0. The van der Waals surface area contributed by atoms with Gasteiger partial charge in [-0.15, -0.1) is 0 Å². The summed E-state index contributed by atoms with van der Waals surface area (Å²) in [6.45, 7) is 6.59. The number of amides is 1. The topological polar surface area (TPSA) is 142 Å². The second kappa shape index (κ2) is 17.3. The van der Waals surface area contributed by atoms with Gasteiger partial charge in [0, 0.05) is 43.9 Å². The molecular weight excluding hydrogens is 550 g/mol. The monoisotopic (exact) mass is 597 g/mol. The minimum atomic E-state index is -0.633. The van der Waals surface area contributed by atoms with Crippen LogP contribution in [0.3, 0.4) is 0 Å². The molecule has 11 nitrogen and oxygen atoms in total. The molecule has 0 atom stereocenters. The lowest BCUT2D eigenvalue weighted by atomic mass is 10.0. The van der Waals surface area contributed by atoms with Crippen molar-refractivity contribution in [2.45, 2.75) is 52.0 Å². The first-order chi connectivity index (χ1) is 20.8. The molecule has 2 aromatic rings. The van der Waals surface area contributed by atoms with E-state index in [1.54, 1.807) is 33.5 Å². The fourth-order valence-corrected chi connectivity index (χ4v) is 5.17. The van der Waals surface area contributed by atoms with Crippen LogP contribution < -0.4 is 30.4 Å². The van der Waals surface area contributed by atoms with Gasteiger partial charge >= 0.3 is 0 Å². The Hall–Kier alpha value is -3.83. The summed E-state index contributed by atoms with van der Waals surface area (Å²) in [5.41, 5.74) is 12.5. The Morgan fingerprint density at radius 1 is 0.814 bits per heavy atom. The van der Waals surface area contributed by atoms with Crippen LogP contribution in [-0.2, 0) is 6.54 Å². The Kier molecular flexibility index (Phi) is 13.6. The summed E-state index contributed by atoms with van der Waals surface area (Å²) < 4.78 is 22.5. The highest BCUT2D eigenvalue weighted by molar-refractivity contribution is 6.06. The number of rotatable bonds is 17. The molecule has 0 unspecified atom stereocenters. The molecule has 0 spiro atoms. The van der Waals surface area contributed by atoms with E-state index in [4.69, 9.17) is 30.4 Å². The number of nitrogens with zero attached hydrogens (tertiary/aromatic N) is 3. The average molecular weight is 598 g/mol. The van der Waals surface area contributed by atoms with E-state index in [0.717, 1.165) is 51.0 Å². The predicted molar refractivity (Wildman–Crippen MR) is 168 cm³/mol. The summed E-state index contributed by atoms with van der Waals surface area (Å²) in [6, 6.07) is 8.76. The van der Waals surface area contributed by atoms with Crippen LogP contribution in [0.2, 0.25) is 0 Å². The molecule has 3 rings (SSSR count). The molecule has 236 valence electrons. The Bertz CT molecular complexity index is 1240. The summed E-state index contributed by atoms with van der Waals surface area (Å²) in [7, 11) is 4.81. The highest BCUT2D eigenvalue weighted by atomic mass is 16.5. The van der Waals surface area contributed by atoms with E-state index >= 15 is 0 Å². The van der Waals surface area contributed by atoms with Crippen molar-refractivity contribution in [3.8, 4) is 23.0 Å². The largest absolute Gasteiger partial charge is 0.493 e. The number of piperazine rings is 1. The Morgan fingerprint density at radius 3 is 2.12 bits per heavy atom. The SMILES string of the molecule is CCCCCCCCOc1ccc(C(=O)CN2CCN(Cc3ccc(OC)c(OC)c3OC)CC2)cc1C(=O)N=C(N)N. The number of unbranched alkanes of at least 4 members (excludes halogenated alkanes) is 5. The van der Waals surface area contributed by atoms with E-state index in [9.17, 15) is 9.59 Å². The predicted octanol–water partition coefficient (Wildman–Crippen LogP) is 3.87. The van der Waals surface area contributed by atoms with E-state index in [0.29, 0.717) is 41.7 Å². The molecule has 1 saturated heterocycles. The van der Waals surface area contributed by atoms with Crippen LogP contribution in [0.4, 0.5) is 0 Å². The number of methoxy groups -OCH3 is 3. The molecule has 1 amide bonds.